The fourth-order valence-electron chi connectivity index (χ4n) is 2.78. The molecule has 0 aromatic rings. The van der Waals surface area contributed by atoms with E-state index < -0.39 is 0 Å². The predicted molar refractivity (Wildman–Crippen MR) is 87.6 cm³/mol. The average Bonchev–Trinajstić information content (AvgIpc) is 2.82. The molecule has 4 nitrogen and oxygen atoms in total. The monoisotopic (exact) mass is 299 g/mol. The highest BCUT2D eigenvalue weighted by molar-refractivity contribution is 7.99. The normalized spacial score (nSPS) is 29.1. The van der Waals surface area contributed by atoms with E-state index in [-0.39, 0.29) is 5.41 Å². The Morgan fingerprint density at radius 2 is 2.15 bits per heavy atom. The molecule has 0 spiro atoms. The molecule has 0 bridgehead atoms. The zero-order chi connectivity index (χ0) is 14.4. The van der Waals surface area contributed by atoms with Crippen LogP contribution in [0.25, 0.3) is 0 Å². The summed E-state index contributed by atoms with van der Waals surface area (Å²) in [7, 11) is 0. The van der Waals surface area contributed by atoms with E-state index in [1.54, 1.807) is 0 Å². The standard InChI is InChI=1S/C15H29N3OS/c1-4-16-14(17-9-15(3)10-19-11-15)18-12-6-7-13(8-12)20-5-2/h12-13H,4-11H2,1-3H3,(H2,16,17,18). The molecule has 2 aliphatic rings. The molecule has 2 fully saturated rings. The van der Waals surface area contributed by atoms with Crippen LogP contribution >= 0.6 is 11.8 Å². The van der Waals surface area contributed by atoms with Gasteiger partial charge in [0.15, 0.2) is 5.96 Å². The average molecular weight is 299 g/mol. The van der Waals surface area contributed by atoms with Crippen LogP contribution in [0.2, 0.25) is 0 Å². The molecule has 0 aromatic heterocycles. The van der Waals surface area contributed by atoms with E-state index in [4.69, 9.17) is 9.73 Å². The Morgan fingerprint density at radius 3 is 2.75 bits per heavy atom. The second-order valence-corrected chi connectivity index (χ2v) is 7.81. The second-order valence-electron chi connectivity index (χ2n) is 6.23. The second kappa shape index (κ2) is 7.55. The summed E-state index contributed by atoms with van der Waals surface area (Å²) in [6.45, 7) is 10.1. The van der Waals surface area contributed by atoms with Gasteiger partial charge in [0.2, 0.25) is 0 Å². The first-order chi connectivity index (χ1) is 9.65. The minimum Gasteiger partial charge on any atom is -0.380 e. The molecule has 0 amide bonds. The summed E-state index contributed by atoms with van der Waals surface area (Å²) in [4.78, 5) is 4.75. The maximum absolute atomic E-state index is 5.29. The lowest BCUT2D eigenvalue weighted by atomic mass is 9.89. The summed E-state index contributed by atoms with van der Waals surface area (Å²) in [5.41, 5.74) is 0.249. The fraction of sp³-hybridized carbons (Fsp3) is 0.933. The largest absolute Gasteiger partial charge is 0.380 e. The van der Waals surface area contributed by atoms with Gasteiger partial charge in [-0.1, -0.05) is 13.8 Å². The summed E-state index contributed by atoms with van der Waals surface area (Å²) >= 11 is 2.10. The van der Waals surface area contributed by atoms with Gasteiger partial charge in [0.05, 0.1) is 19.8 Å². The van der Waals surface area contributed by atoms with Crippen LogP contribution in [0.3, 0.4) is 0 Å². The Bertz CT molecular complexity index is 331. The van der Waals surface area contributed by atoms with Crippen LogP contribution < -0.4 is 10.6 Å². The number of aliphatic imine (C=N–C) groups is 1. The lowest BCUT2D eigenvalue weighted by Gasteiger charge is -2.36. The molecule has 2 unspecified atom stereocenters. The van der Waals surface area contributed by atoms with Gasteiger partial charge in [-0.05, 0) is 31.9 Å². The lowest BCUT2D eigenvalue weighted by Crippen LogP contribution is -2.46. The molecule has 2 atom stereocenters. The molecule has 0 radical (unpaired) electrons. The van der Waals surface area contributed by atoms with E-state index in [2.05, 4.69) is 43.2 Å². The number of ether oxygens (including phenoxy) is 1. The summed E-state index contributed by atoms with van der Waals surface area (Å²) < 4.78 is 5.29. The molecule has 1 aliphatic heterocycles. The number of hydrogen-bond donors (Lipinski definition) is 2. The van der Waals surface area contributed by atoms with Crippen molar-refractivity contribution in [2.75, 3.05) is 32.1 Å². The van der Waals surface area contributed by atoms with Gasteiger partial charge in [-0.3, -0.25) is 4.99 Å². The SMILES string of the molecule is CCNC(=NCC1(C)COC1)NC1CCC(SCC)C1. The van der Waals surface area contributed by atoms with Crippen molar-refractivity contribution in [3.05, 3.63) is 0 Å². The van der Waals surface area contributed by atoms with Gasteiger partial charge in [0.25, 0.3) is 0 Å². The molecule has 2 N–H and O–H groups in total. The molecule has 116 valence electrons. The van der Waals surface area contributed by atoms with Crippen LogP contribution in [0.1, 0.15) is 40.0 Å². The number of nitrogens with one attached hydrogen (secondary N) is 2. The van der Waals surface area contributed by atoms with Gasteiger partial charge in [-0.25, -0.2) is 0 Å². The van der Waals surface area contributed by atoms with Gasteiger partial charge in [0.1, 0.15) is 0 Å². The number of hydrogen-bond acceptors (Lipinski definition) is 3. The predicted octanol–water partition coefficient (Wildman–Crippen LogP) is 2.25. The van der Waals surface area contributed by atoms with Gasteiger partial charge < -0.3 is 15.4 Å². The molecule has 20 heavy (non-hydrogen) atoms. The Balaban J connectivity index is 1.81. The fourth-order valence-corrected chi connectivity index (χ4v) is 3.93. The van der Waals surface area contributed by atoms with E-state index >= 15 is 0 Å². The Labute approximate surface area is 127 Å². The minimum absolute atomic E-state index is 0.249. The summed E-state index contributed by atoms with van der Waals surface area (Å²) in [6.07, 6.45) is 3.87. The van der Waals surface area contributed by atoms with Crippen molar-refractivity contribution in [2.24, 2.45) is 10.4 Å². The van der Waals surface area contributed by atoms with E-state index in [0.717, 1.165) is 37.5 Å². The third kappa shape index (κ3) is 4.55. The summed E-state index contributed by atoms with van der Waals surface area (Å²) in [6, 6.07) is 0.585. The van der Waals surface area contributed by atoms with Crippen LogP contribution in [0.5, 0.6) is 0 Å². The van der Waals surface area contributed by atoms with Crippen molar-refractivity contribution in [1.82, 2.24) is 10.6 Å². The number of thioether (sulfide) groups is 1. The number of guanidine groups is 1. The highest BCUT2D eigenvalue weighted by Crippen LogP contribution is 2.30. The zero-order valence-corrected chi connectivity index (χ0v) is 13.9. The van der Waals surface area contributed by atoms with Crippen LogP contribution in [-0.4, -0.2) is 49.3 Å². The van der Waals surface area contributed by atoms with Crippen LogP contribution in [0.15, 0.2) is 4.99 Å². The zero-order valence-electron chi connectivity index (χ0n) is 13.1. The maximum Gasteiger partial charge on any atom is 0.191 e. The quantitative estimate of drug-likeness (QED) is 0.583. The van der Waals surface area contributed by atoms with Crippen molar-refractivity contribution in [3.63, 3.8) is 0 Å². The highest BCUT2D eigenvalue weighted by Gasteiger charge is 2.33. The molecule has 1 aliphatic carbocycles. The van der Waals surface area contributed by atoms with Crippen molar-refractivity contribution in [2.45, 2.75) is 51.3 Å². The molecule has 0 aromatic carbocycles. The Hall–Kier alpha value is -0.420. The number of nitrogens with zero attached hydrogens (tertiary/aromatic N) is 1. The van der Waals surface area contributed by atoms with Gasteiger partial charge in [-0.2, -0.15) is 11.8 Å². The van der Waals surface area contributed by atoms with Gasteiger partial charge in [0, 0.05) is 23.3 Å². The topological polar surface area (TPSA) is 45.7 Å². The molecular weight excluding hydrogens is 270 g/mol. The van der Waals surface area contributed by atoms with E-state index in [0.29, 0.717) is 6.04 Å². The molecular formula is C15H29N3OS. The highest BCUT2D eigenvalue weighted by atomic mass is 32.2. The molecule has 5 heteroatoms. The smallest absolute Gasteiger partial charge is 0.191 e. The number of rotatable bonds is 6. The van der Waals surface area contributed by atoms with Crippen molar-refractivity contribution in [1.29, 1.82) is 0 Å². The van der Waals surface area contributed by atoms with E-state index in [1.807, 2.05) is 0 Å². The third-order valence-electron chi connectivity index (χ3n) is 3.99. The van der Waals surface area contributed by atoms with Crippen molar-refractivity contribution in [3.8, 4) is 0 Å². The van der Waals surface area contributed by atoms with Crippen molar-refractivity contribution < 1.29 is 4.74 Å². The lowest BCUT2D eigenvalue weighted by molar-refractivity contribution is -0.0945. The van der Waals surface area contributed by atoms with Gasteiger partial charge >= 0.3 is 0 Å². The van der Waals surface area contributed by atoms with Crippen LogP contribution in [-0.2, 0) is 4.74 Å². The molecule has 1 saturated heterocycles. The van der Waals surface area contributed by atoms with E-state index in [1.165, 1.54) is 25.0 Å². The minimum atomic E-state index is 0.249. The first-order valence-corrected chi connectivity index (χ1v) is 8.94. The van der Waals surface area contributed by atoms with E-state index in [9.17, 15) is 0 Å². The van der Waals surface area contributed by atoms with Crippen LogP contribution in [0.4, 0.5) is 0 Å². The maximum atomic E-state index is 5.29. The molecule has 2 rings (SSSR count). The van der Waals surface area contributed by atoms with Crippen LogP contribution in [0, 0.1) is 5.41 Å². The Morgan fingerprint density at radius 1 is 1.35 bits per heavy atom. The first kappa shape index (κ1) is 16.0. The summed E-state index contributed by atoms with van der Waals surface area (Å²) in [5, 5.41) is 7.81. The Kier molecular flexibility index (Phi) is 6.02. The van der Waals surface area contributed by atoms with Crippen molar-refractivity contribution >= 4 is 17.7 Å². The summed E-state index contributed by atoms with van der Waals surface area (Å²) in [5.74, 6) is 2.21. The third-order valence-corrected chi connectivity index (χ3v) is 5.22. The van der Waals surface area contributed by atoms with Gasteiger partial charge in [-0.15, -0.1) is 0 Å². The molecule has 1 heterocycles. The first-order valence-electron chi connectivity index (χ1n) is 7.89. The molecule has 1 saturated carbocycles.